The Kier molecular flexibility index (Phi) is 5.29. The van der Waals surface area contributed by atoms with E-state index >= 15 is 0 Å². The predicted molar refractivity (Wildman–Crippen MR) is 67.8 cm³/mol. The van der Waals surface area contributed by atoms with Crippen molar-refractivity contribution >= 4 is 11.3 Å². The summed E-state index contributed by atoms with van der Waals surface area (Å²) in [5, 5.41) is 2.14. The summed E-state index contributed by atoms with van der Waals surface area (Å²) >= 11 is 1.80. The van der Waals surface area contributed by atoms with E-state index in [2.05, 4.69) is 37.6 Å². The molecule has 2 nitrogen and oxygen atoms in total. The second-order valence-electron chi connectivity index (χ2n) is 4.32. The molecule has 0 amide bonds. The summed E-state index contributed by atoms with van der Waals surface area (Å²) in [6.07, 6.45) is 3.66. The van der Waals surface area contributed by atoms with Gasteiger partial charge in [0.05, 0.1) is 6.04 Å². The molecule has 0 bridgehead atoms. The maximum Gasteiger partial charge on any atom is 0.0558 e. The quantitative estimate of drug-likeness (QED) is 0.576. The SMILES string of the molecule is CCCC(C)CC(NN)c1sccc1C. The van der Waals surface area contributed by atoms with Crippen molar-refractivity contribution in [3.63, 3.8) is 0 Å². The topological polar surface area (TPSA) is 38.0 Å². The lowest BCUT2D eigenvalue weighted by atomic mass is 9.96. The zero-order valence-electron chi connectivity index (χ0n) is 9.92. The van der Waals surface area contributed by atoms with E-state index in [9.17, 15) is 0 Å². The first kappa shape index (κ1) is 12.7. The Bertz CT molecular complexity index is 283. The second kappa shape index (κ2) is 6.26. The summed E-state index contributed by atoms with van der Waals surface area (Å²) in [7, 11) is 0. The molecule has 15 heavy (non-hydrogen) atoms. The summed E-state index contributed by atoms with van der Waals surface area (Å²) in [6.45, 7) is 6.69. The normalized spacial score (nSPS) is 15.2. The van der Waals surface area contributed by atoms with Gasteiger partial charge in [-0.15, -0.1) is 11.3 Å². The van der Waals surface area contributed by atoms with Crippen LogP contribution in [0.15, 0.2) is 11.4 Å². The molecule has 0 aliphatic carbocycles. The standard InChI is InChI=1S/C12H22N2S/c1-4-5-9(2)8-11(14-13)12-10(3)6-7-15-12/h6-7,9,11,14H,4-5,8,13H2,1-3H3. The first-order valence-electron chi connectivity index (χ1n) is 5.69. The van der Waals surface area contributed by atoms with Crippen molar-refractivity contribution in [3.8, 4) is 0 Å². The van der Waals surface area contributed by atoms with Gasteiger partial charge in [0.25, 0.3) is 0 Å². The molecule has 2 unspecified atom stereocenters. The lowest BCUT2D eigenvalue weighted by Crippen LogP contribution is -2.29. The Morgan fingerprint density at radius 3 is 2.73 bits per heavy atom. The highest BCUT2D eigenvalue weighted by Crippen LogP contribution is 2.29. The van der Waals surface area contributed by atoms with E-state index in [4.69, 9.17) is 5.84 Å². The zero-order chi connectivity index (χ0) is 11.3. The van der Waals surface area contributed by atoms with Gasteiger partial charge in [0.1, 0.15) is 0 Å². The van der Waals surface area contributed by atoms with E-state index in [1.807, 2.05) is 0 Å². The van der Waals surface area contributed by atoms with E-state index in [1.165, 1.54) is 23.3 Å². The molecule has 2 atom stereocenters. The zero-order valence-corrected chi connectivity index (χ0v) is 10.7. The van der Waals surface area contributed by atoms with Crippen molar-refractivity contribution in [2.75, 3.05) is 0 Å². The van der Waals surface area contributed by atoms with Gasteiger partial charge in [-0.1, -0.05) is 26.7 Å². The van der Waals surface area contributed by atoms with Crippen LogP contribution in [0.1, 0.15) is 49.6 Å². The van der Waals surface area contributed by atoms with Crippen LogP contribution in [-0.2, 0) is 0 Å². The monoisotopic (exact) mass is 226 g/mol. The lowest BCUT2D eigenvalue weighted by Gasteiger charge is -2.19. The fourth-order valence-corrected chi connectivity index (χ4v) is 3.01. The molecule has 0 radical (unpaired) electrons. The maximum absolute atomic E-state index is 5.63. The molecular weight excluding hydrogens is 204 g/mol. The van der Waals surface area contributed by atoms with Crippen LogP contribution in [0.25, 0.3) is 0 Å². The van der Waals surface area contributed by atoms with E-state index in [0.29, 0.717) is 6.04 Å². The van der Waals surface area contributed by atoms with Crippen molar-refractivity contribution in [3.05, 3.63) is 21.9 Å². The molecule has 0 fully saturated rings. The molecule has 3 heteroatoms. The summed E-state index contributed by atoms with van der Waals surface area (Å²) in [5.74, 6) is 6.37. The predicted octanol–water partition coefficient (Wildman–Crippen LogP) is 3.39. The lowest BCUT2D eigenvalue weighted by molar-refractivity contribution is 0.397. The Balaban J connectivity index is 2.60. The minimum atomic E-state index is 0.326. The first-order chi connectivity index (χ1) is 7.19. The third-order valence-electron chi connectivity index (χ3n) is 2.84. The van der Waals surface area contributed by atoms with Crippen molar-refractivity contribution in [1.29, 1.82) is 0 Å². The minimum absolute atomic E-state index is 0.326. The van der Waals surface area contributed by atoms with Crippen LogP contribution in [0.5, 0.6) is 0 Å². The molecule has 0 aliphatic rings. The number of rotatable bonds is 6. The summed E-state index contributed by atoms with van der Waals surface area (Å²) in [5.41, 5.74) is 4.30. The van der Waals surface area contributed by atoms with Crippen molar-refractivity contribution in [1.82, 2.24) is 5.43 Å². The Morgan fingerprint density at radius 2 is 2.27 bits per heavy atom. The molecule has 3 N–H and O–H groups in total. The molecule has 1 heterocycles. The van der Waals surface area contributed by atoms with E-state index < -0.39 is 0 Å². The molecule has 1 aromatic rings. The van der Waals surface area contributed by atoms with Crippen molar-refractivity contribution in [2.24, 2.45) is 11.8 Å². The summed E-state index contributed by atoms with van der Waals surface area (Å²) in [6, 6.07) is 2.49. The maximum atomic E-state index is 5.63. The highest BCUT2D eigenvalue weighted by Gasteiger charge is 2.16. The Labute approximate surface area is 96.9 Å². The Hall–Kier alpha value is -0.380. The number of hydrogen-bond acceptors (Lipinski definition) is 3. The number of nitrogens with one attached hydrogen (secondary N) is 1. The van der Waals surface area contributed by atoms with Crippen LogP contribution in [0.3, 0.4) is 0 Å². The molecule has 0 aliphatic heterocycles. The van der Waals surface area contributed by atoms with E-state index in [1.54, 1.807) is 11.3 Å². The highest BCUT2D eigenvalue weighted by molar-refractivity contribution is 7.10. The van der Waals surface area contributed by atoms with E-state index in [0.717, 1.165) is 12.3 Å². The summed E-state index contributed by atoms with van der Waals surface area (Å²) < 4.78 is 0. The highest BCUT2D eigenvalue weighted by atomic mass is 32.1. The Morgan fingerprint density at radius 1 is 1.53 bits per heavy atom. The molecule has 0 aromatic carbocycles. The van der Waals surface area contributed by atoms with Crippen LogP contribution in [0.4, 0.5) is 0 Å². The molecule has 1 aromatic heterocycles. The van der Waals surface area contributed by atoms with Gasteiger partial charge in [-0.2, -0.15) is 0 Å². The fraction of sp³-hybridized carbons (Fsp3) is 0.667. The average Bonchev–Trinajstić information content (AvgIpc) is 2.61. The number of nitrogens with two attached hydrogens (primary N) is 1. The molecule has 0 spiro atoms. The second-order valence-corrected chi connectivity index (χ2v) is 5.26. The third-order valence-corrected chi connectivity index (χ3v) is 3.97. The molecular formula is C12H22N2S. The van der Waals surface area contributed by atoms with Gasteiger partial charge < -0.3 is 0 Å². The number of aryl methyl sites for hydroxylation is 1. The van der Waals surface area contributed by atoms with Gasteiger partial charge in [-0.25, -0.2) is 0 Å². The fourth-order valence-electron chi connectivity index (χ4n) is 2.01. The molecule has 86 valence electrons. The first-order valence-corrected chi connectivity index (χ1v) is 6.57. The third kappa shape index (κ3) is 3.59. The van der Waals surface area contributed by atoms with Crippen LogP contribution < -0.4 is 11.3 Å². The minimum Gasteiger partial charge on any atom is -0.271 e. The largest absolute Gasteiger partial charge is 0.271 e. The van der Waals surface area contributed by atoms with Crippen molar-refractivity contribution < 1.29 is 0 Å². The van der Waals surface area contributed by atoms with Crippen LogP contribution >= 0.6 is 11.3 Å². The number of thiophene rings is 1. The van der Waals surface area contributed by atoms with Gasteiger partial charge >= 0.3 is 0 Å². The smallest absolute Gasteiger partial charge is 0.0558 e. The van der Waals surface area contributed by atoms with E-state index in [-0.39, 0.29) is 0 Å². The van der Waals surface area contributed by atoms with Crippen molar-refractivity contribution in [2.45, 2.75) is 46.1 Å². The van der Waals surface area contributed by atoms with Crippen LogP contribution in [-0.4, -0.2) is 0 Å². The van der Waals surface area contributed by atoms with Gasteiger partial charge in [-0.05, 0) is 36.3 Å². The summed E-state index contributed by atoms with van der Waals surface area (Å²) in [4.78, 5) is 1.39. The molecule has 1 rings (SSSR count). The van der Waals surface area contributed by atoms with Crippen LogP contribution in [0.2, 0.25) is 0 Å². The van der Waals surface area contributed by atoms with Gasteiger partial charge in [0.2, 0.25) is 0 Å². The number of hydrogen-bond donors (Lipinski definition) is 2. The van der Waals surface area contributed by atoms with Gasteiger partial charge in [0, 0.05) is 4.88 Å². The number of hydrazine groups is 1. The average molecular weight is 226 g/mol. The van der Waals surface area contributed by atoms with Gasteiger partial charge in [0.15, 0.2) is 0 Å². The molecule has 0 saturated heterocycles. The van der Waals surface area contributed by atoms with Gasteiger partial charge in [-0.3, -0.25) is 11.3 Å². The molecule has 0 saturated carbocycles. The van der Waals surface area contributed by atoms with Crippen LogP contribution in [0, 0.1) is 12.8 Å².